The molecule has 0 aromatic heterocycles. The molecule has 1 heterocycles. The number of allylic oxidation sites excluding steroid dienone is 4. The largest absolute Gasteiger partial charge is 0.374 e. The van der Waals surface area contributed by atoms with E-state index < -0.39 is 0 Å². The van der Waals surface area contributed by atoms with Crippen molar-refractivity contribution in [3.63, 3.8) is 0 Å². The summed E-state index contributed by atoms with van der Waals surface area (Å²) in [6.07, 6.45) is 10.8. The average Bonchev–Trinajstić information content (AvgIpc) is 2.19. The van der Waals surface area contributed by atoms with Gasteiger partial charge in [0.05, 0.1) is 0 Å². The molecule has 1 saturated heterocycles. The molecule has 2 aliphatic rings. The van der Waals surface area contributed by atoms with Crippen LogP contribution in [0.4, 0.5) is 0 Å². The van der Waals surface area contributed by atoms with Gasteiger partial charge in [0.15, 0.2) is 0 Å². The maximum Gasteiger partial charge on any atom is 0.0272 e. The molecule has 13 heavy (non-hydrogen) atoms. The molecule has 1 unspecified atom stereocenters. The summed E-state index contributed by atoms with van der Waals surface area (Å²) in [5.74, 6) is 0.817. The maximum atomic E-state index is 3.51. The van der Waals surface area contributed by atoms with E-state index in [1.165, 1.54) is 25.8 Å². The molecule has 0 amide bonds. The molecule has 72 valence electrons. The summed E-state index contributed by atoms with van der Waals surface area (Å²) in [6, 6.07) is 0. The van der Waals surface area contributed by atoms with E-state index >= 15 is 0 Å². The SMILES string of the molecule is BrCCN1CCCC2CC=CC=C21. The minimum atomic E-state index is 0.817. The number of piperidine rings is 1. The minimum absolute atomic E-state index is 0.817. The zero-order chi connectivity index (χ0) is 9.10. The van der Waals surface area contributed by atoms with Crippen molar-refractivity contribution >= 4 is 15.9 Å². The number of halogens is 1. The van der Waals surface area contributed by atoms with Gasteiger partial charge < -0.3 is 4.90 Å². The summed E-state index contributed by atoms with van der Waals surface area (Å²) < 4.78 is 0. The lowest BCUT2D eigenvalue weighted by Gasteiger charge is -2.37. The molecule has 1 aliphatic heterocycles. The first kappa shape index (κ1) is 9.32. The normalized spacial score (nSPS) is 27.0. The second kappa shape index (κ2) is 4.32. The van der Waals surface area contributed by atoms with Crippen molar-refractivity contribution in [3.8, 4) is 0 Å². The van der Waals surface area contributed by atoms with Crippen molar-refractivity contribution in [3.05, 3.63) is 23.9 Å². The van der Waals surface area contributed by atoms with Crippen molar-refractivity contribution in [1.82, 2.24) is 4.90 Å². The predicted molar refractivity (Wildman–Crippen MR) is 59.9 cm³/mol. The molecule has 2 rings (SSSR count). The third-order valence-electron chi connectivity index (χ3n) is 2.94. The van der Waals surface area contributed by atoms with Gasteiger partial charge in [-0.2, -0.15) is 0 Å². The predicted octanol–water partition coefficient (Wildman–Crippen LogP) is 2.94. The topological polar surface area (TPSA) is 3.24 Å². The van der Waals surface area contributed by atoms with Crippen LogP contribution < -0.4 is 0 Å². The van der Waals surface area contributed by atoms with E-state index in [0.717, 1.165) is 17.8 Å². The van der Waals surface area contributed by atoms with Gasteiger partial charge in [0.1, 0.15) is 0 Å². The Morgan fingerprint density at radius 2 is 2.46 bits per heavy atom. The van der Waals surface area contributed by atoms with Crippen LogP contribution in [0.25, 0.3) is 0 Å². The number of hydrogen-bond donors (Lipinski definition) is 0. The second-order valence-electron chi connectivity index (χ2n) is 3.77. The Hall–Kier alpha value is -0.240. The summed E-state index contributed by atoms with van der Waals surface area (Å²) in [6.45, 7) is 2.41. The van der Waals surface area contributed by atoms with Gasteiger partial charge in [-0.25, -0.2) is 0 Å². The van der Waals surface area contributed by atoms with E-state index in [-0.39, 0.29) is 0 Å². The fourth-order valence-corrected chi connectivity index (χ4v) is 2.72. The van der Waals surface area contributed by atoms with Crippen molar-refractivity contribution in [2.75, 3.05) is 18.4 Å². The molecule has 0 radical (unpaired) electrons. The second-order valence-corrected chi connectivity index (χ2v) is 4.56. The third kappa shape index (κ3) is 1.98. The van der Waals surface area contributed by atoms with Crippen molar-refractivity contribution in [2.24, 2.45) is 5.92 Å². The van der Waals surface area contributed by atoms with Gasteiger partial charge >= 0.3 is 0 Å². The van der Waals surface area contributed by atoms with Crippen LogP contribution in [0, 0.1) is 5.92 Å². The first-order valence-corrected chi connectivity index (χ1v) is 6.21. The van der Waals surface area contributed by atoms with Crippen molar-refractivity contribution in [2.45, 2.75) is 19.3 Å². The van der Waals surface area contributed by atoms with Crippen LogP contribution in [0.15, 0.2) is 23.9 Å². The number of rotatable bonds is 2. The lowest BCUT2D eigenvalue weighted by molar-refractivity contribution is 0.252. The molecule has 1 fully saturated rings. The molecule has 1 atom stereocenters. The number of alkyl halides is 1. The fourth-order valence-electron chi connectivity index (χ4n) is 2.30. The molecule has 0 saturated carbocycles. The highest BCUT2D eigenvalue weighted by atomic mass is 79.9. The summed E-state index contributed by atoms with van der Waals surface area (Å²) in [7, 11) is 0. The van der Waals surface area contributed by atoms with Crippen LogP contribution in [0.2, 0.25) is 0 Å². The molecule has 1 aliphatic carbocycles. The van der Waals surface area contributed by atoms with Crippen LogP contribution in [-0.4, -0.2) is 23.3 Å². The van der Waals surface area contributed by atoms with Crippen LogP contribution in [0.1, 0.15) is 19.3 Å². The van der Waals surface area contributed by atoms with Gasteiger partial charge in [-0.05, 0) is 25.3 Å². The van der Waals surface area contributed by atoms with Crippen LogP contribution in [0.3, 0.4) is 0 Å². The van der Waals surface area contributed by atoms with Gasteiger partial charge in [-0.15, -0.1) is 0 Å². The van der Waals surface area contributed by atoms with E-state index in [0.29, 0.717) is 0 Å². The van der Waals surface area contributed by atoms with E-state index in [1.807, 2.05) is 0 Å². The Morgan fingerprint density at radius 3 is 3.31 bits per heavy atom. The summed E-state index contributed by atoms with van der Waals surface area (Å²) in [5, 5.41) is 1.08. The standard InChI is InChI=1S/C11H16BrN/c12-7-9-13-8-3-5-10-4-1-2-6-11(10)13/h1-2,6,10H,3-5,7-9H2. The average molecular weight is 242 g/mol. The van der Waals surface area contributed by atoms with Crippen LogP contribution in [-0.2, 0) is 0 Å². The Balaban J connectivity index is 2.09. The molecule has 0 aromatic rings. The fraction of sp³-hybridized carbons (Fsp3) is 0.636. The van der Waals surface area contributed by atoms with Crippen molar-refractivity contribution < 1.29 is 0 Å². The Morgan fingerprint density at radius 1 is 1.54 bits per heavy atom. The zero-order valence-electron chi connectivity index (χ0n) is 7.88. The van der Waals surface area contributed by atoms with Gasteiger partial charge in [-0.3, -0.25) is 0 Å². The molecule has 0 N–H and O–H groups in total. The van der Waals surface area contributed by atoms with E-state index in [9.17, 15) is 0 Å². The molecular weight excluding hydrogens is 226 g/mol. The first-order chi connectivity index (χ1) is 6.42. The highest BCUT2D eigenvalue weighted by Gasteiger charge is 2.24. The summed E-state index contributed by atoms with van der Waals surface area (Å²) >= 11 is 3.51. The quantitative estimate of drug-likeness (QED) is 0.673. The Kier molecular flexibility index (Phi) is 3.09. The van der Waals surface area contributed by atoms with Gasteiger partial charge in [0.2, 0.25) is 0 Å². The van der Waals surface area contributed by atoms with Crippen LogP contribution >= 0.6 is 15.9 Å². The highest BCUT2D eigenvalue weighted by Crippen LogP contribution is 2.32. The van der Waals surface area contributed by atoms with Gasteiger partial charge in [0, 0.05) is 30.0 Å². The molecule has 2 heteroatoms. The van der Waals surface area contributed by atoms with E-state index in [4.69, 9.17) is 0 Å². The maximum absolute atomic E-state index is 3.51. The molecule has 0 aromatic carbocycles. The smallest absolute Gasteiger partial charge is 0.0272 e. The Labute approximate surface area is 88.6 Å². The number of nitrogens with zero attached hydrogens (tertiary/aromatic N) is 1. The molecule has 1 nitrogen and oxygen atoms in total. The van der Waals surface area contributed by atoms with Gasteiger partial charge in [0.25, 0.3) is 0 Å². The van der Waals surface area contributed by atoms with Crippen molar-refractivity contribution in [1.29, 1.82) is 0 Å². The lowest BCUT2D eigenvalue weighted by Crippen LogP contribution is -2.35. The molecule has 0 spiro atoms. The number of likely N-dealkylation sites (tertiary alicyclic amines) is 1. The number of fused-ring (bicyclic) bond motifs is 1. The summed E-state index contributed by atoms with van der Waals surface area (Å²) in [5.41, 5.74) is 1.58. The third-order valence-corrected chi connectivity index (χ3v) is 3.30. The zero-order valence-corrected chi connectivity index (χ0v) is 9.46. The monoisotopic (exact) mass is 241 g/mol. The van der Waals surface area contributed by atoms with E-state index in [2.05, 4.69) is 39.1 Å². The minimum Gasteiger partial charge on any atom is -0.374 e. The lowest BCUT2D eigenvalue weighted by atomic mass is 9.88. The van der Waals surface area contributed by atoms with E-state index in [1.54, 1.807) is 5.70 Å². The molecular formula is C11H16BrN. The Bertz CT molecular complexity index is 230. The number of hydrogen-bond acceptors (Lipinski definition) is 1. The molecule has 0 bridgehead atoms. The first-order valence-electron chi connectivity index (χ1n) is 5.09. The van der Waals surface area contributed by atoms with Gasteiger partial charge in [-0.1, -0.05) is 28.1 Å². The van der Waals surface area contributed by atoms with Crippen LogP contribution in [0.5, 0.6) is 0 Å². The summed E-state index contributed by atoms with van der Waals surface area (Å²) in [4.78, 5) is 2.53. The highest BCUT2D eigenvalue weighted by molar-refractivity contribution is 9.09.